The van der Waals surface area contributed by atoms with Crippen molar-refractivity contribution in [1.82, 2.24) is 9.80 Å². The van der Waals surface area contributed by atoms with Crippen molar-refractivity contribution in [1.29, 1.82) is 0 Å². The highest BCUT2D eigenvalue weighted by atomic mass is 32.1. The zero-order chi connectivity index (χ0) is 18.1. The smallest absolute Gasteiger partial charge is 0.253 e. The van der Waals surface area contributed by atoms with Gasteiger partial charge < -0.3 is 4.90 Å². The summed E-state index contributed by atoms with van der Waals surface area (Å²) in [6.45, 7) is 1.90. The van der Waals surface area contributed by atoms with Crippen LogP contribution in [0.5, 0.6) is 0 Å². The lowest BCUT2D eigenvalue weighted by atomic mass is 9.97. The summed E-state index contributed by atoms with van der Waals surface area (Å²) in [7, 11) is 3.59. The van der Waals surface area contributed by atoms with Gasteiger partial charge in [0.25, 0.3) is 5.91 Å². The minimum atomic E-state index is 0.0559. The second-order valence-corrected chi connectivity index (χ2v) is 8.82. The van der Waals surface area contributed by atoms with Crippen molar-refractivity contribution in [3.05, 3.63) is 79.7 Å². The van der Waals surface area contributed by atoms with Gasteiger partial charge in [0.2, 0.25) is 0 Å². The quantitative estimate of drug-likeness (QED) is 0.655. The van der Waals surface area contributed by atoms with Crippen molar-refractivity contribution in [3.8, 4) is 0 Å². The largest absolute Gasteiger partial charge is 0.345 e. The number of thiophene rings is 2. The fourth-order valence-electron chi connectivity index (χ4n) is 3.61. The molecule has 1 atom stereocenters. The van der Waals surface area contributed by atoms with Crippen molar-refractivity contribution < 1.29 is 4.79 Å². The van der Waals surface area contributed by atoms with E-state index in [2.05, 4.69) is 39.9 Å². The van der Waals surface area contributed by atoms with Gasteiger partial charge in [-0.15, -0.1) is 22.7 Å². The number of hydrogen-bond donors (Lipinski definition) is 0. The van der Waals surface area contributed by atoms with Crippen molar-refractivity contribution >= 4 is 28.6 Å². The van der Waals surface area contributed by atoms with E-state index in [0.717, 1.165) is 25.1 Å². The minimum Gasteiger partial charge on any atom is -0.345 e. The molecule has 134 valence electrons. The molecule has 0 aliphatic carbocycles. The summed E-state index contributed by atoms with van der Waals surface area (Å²) in [5.41, 5.74) is 3.40. The lowest BCUT2D eigenvalue weighted by Gasteiger charge is -2.35. The molecule has 1 aliphatic heterocycles. The van der Waals surface area contributed by atoms with Crippen LogP contribution in [0.3, 0.4) is 0 Å². The summed E-state index contributed by atoms with van der Waals surface area (Å²) in [4.78, 5) is 19.4. The average molecular weight is 383 g/mol. The van der Waals surface area contributed by atoms with Crippen molar-refractivity contribution in [2.24, 2.45) is 0 Å². The fraction of sp³-hybridized carbons (Fsp3) is 0.286. The monoisotopic (exact) mass is 382 g/mol. The number of benzene rings is 1. The zero-order valence-electron chi connectivity index (χ0n) is 15.0. The maximum absolute atomic E-state index is 12.3. The van der Waals surface area contributed by atoms with Crippen LogP contribution in [0.15, 0.2) is 53.2 Å². The molecule has 5 heteroatoms. The number of amides is 1. The molecule has 1 amide bonds. The molecule has 3 aromatic rings. The first-order valence-electron chi connectivity index (χ1n) is 8.78. The highest BCUT2D eigenvalue weighted by Crippen LogP contribution is 2.40. The number of rotatable bonds is 4. The van der Waals surface area contributed by atoms with Crippen molar-refractivity contribution in [2.45, 2.75) is 19.0 Å². The molecule has 3 nitrogen and oxygen atoms in total. The first-order valence-corrected chi connectivity index (χ1v) is 10.5. The highest BCUT2D eigenvalue weighted by Gasteiger charge is 2.30. The molecule has 0 fully saturated rings. The van der Waals surface area contributed by atoms with Crippen LogP contribution in [-0.4, -0.2) is 36.3 Å². The Hall–Kier alpha value is -1.95. The van der Waals surface area contributed by atoms with E-state index in [-0.39, 0.29) is 5.91 Å². The van der Waals surface area contributed by atoms with E-state index in [1.165, 1.54) is 20.9 Å². The van der Waals surface area contributed by atoms with Crippen LogP contribution < -0.4 is 0 Å². The van der Waals surface area contributed by atoms with E-state index in [4.69, 9.17) is 0 Å². The van der Waals surface area contributed by atoms with Crippen LogP contribution in [-0.2, 0) is 13.0 Å². The van der Waals surface area contributed by atoms with Crippen LogP contribution in [0, 0.1) is 0 Å². The van der Waals surface area contributed by atoms with Gasteiger partial charge in [0.1, 0.15) is 0 Å². The van der Waals surface area contributed by atoms with Crippen LogP contribution in [0.4, 0.5) is 0 Å². The lowest BCUT2D eigenvalue weighted by molar-refractivity contribution is 0.0827. The van der Waals surface area contributed by atoms with E-state index in [1.807, 2.05) is 40.9 Å². The average Bonchev–Trinajstić information content (AvgIpc) is 3.32. The molecule has 3 heterocycles. The Balaban J connectivity index is 1.63. The summed E-state index contributed by atoms with van der Waals surface area (Å²) in [5, 5.41) is 4.37. The lowest BCUT2D eigenvalue weighted by Crippen LogP contribution is -2.34. The Labute approximate surface area is 162 Å². The molecular weight excluding hydrogens is 360 g/mol. The van der Waals surface area contributed by atoms with Crippen LogP contribution >= 0.6 is 22.7 Å². The molecular formula is C21H22N2OS2. The topological polar surface area (TPSA) is 23.6 Å². The van der Waals surface area contributed by atoms with Gasteiger partial charge in [0, 0.05) is 42.5 Å². The Kier molecular flexibility index (Phi) is 4.94. The summed E-state index contributed by atoms with van der Waals surface area (Å²) in [6, 6.07) is 15.0. The second-order valence-electron chi connectivity index (χ2n) is 6.84. The normalized spacial score (nSPS) is 17.1. The van der Waals surface area contributed by atoms with Gasteiger partial charge in [-0.25, -0.2) is 0 Å². The molecule has 0 spiro atoms. The maximum Gasteiger partial charge on any atom is 0.253 e. The van der Waals surface area contributed by atoms with Crippen molar-refractivity contribution in [3.63, 3.8) is 0 Å². The highest BCUT2D eigenvalue weighted by molar-refractivity contribution is 7.10. The molecule has 1 unspecified atom stereocenters. The minimum absolute atomic E-state index is 0.0559. The van der Waals surface area contributed by atoms with E-state index in [1.54, 1.807) is 19.0 Å². The maximum atomic E-state index is 12.3. The summed E-state index contributed by atoms with van der Waals surface area (Å²) in [5.74, 6) is 0.0559. The van der Waals surface area contributed by atoms with E-state index >= 15 is 0 Å². The molecule has 4 rings (SSSR count). The molecule has 1 aliphatic rings. The van der Waals surface area contributed by atoms with E-state index in [0.29, 0.717) is 6.04 Å². The van der Waals surface area contributed by atoms with Crippen LogP contribution in [0.25, 0.3) is 0 Å². The summed E-state index contributed by atoms with van der Waals surface area (Å²) in [6.07, 6.45) is 1.10. The van der Waals surface area contributed by atoms with Gasteiger partial charge in [-0.3, -0.25) is 9.69 Å². The standard InChI is InChI=1S/C21H22N2OS2/c1-22(2)21(24)16-6-3-5-15(13-16)14-23-10-8-18-17(9-12-26-18)20(23)19-7-4-11-25-19/h3-7,9,11-13,20H,8,10,14H2,1-2H3. The van der Waals surface area contributed by atoms with Gasteiger partial charge in [-0.2, -0.15) is 0 Å². The molecule has 2 aromatic heterocycles. The fourth-order valence-corrected chi connectivity index (χ4v) is 5.39. The predicted molar refractivity (Wildman–Crippen MR) is 109 cm³/mol. The van der Waals surface area contributed by atoms with Gasteiger partial charge in [0.15, 0.2) is 0 Å². The Morgan fingerprint density at radius 2 is 2.04 bits per heavy atom. The molecule has 0 bridgehead atoms. The number of carbonyl (C=O) groups is 1. The summed E-state index contributed by atoms with van der Waals surface area (Å²) >= 11 is 3.70. The predicted octanol–water partition coefficient (Wildman–Crippen LogP) is 4.66. The van der Waals surface area contributed by atoms with Gasteiger partial charge in [-0.1, -0.05) is 18.2 Å². The Bertz CT molecular complexity index is 898. The molecule has 1 aromatic carbocycles. The van der Waals surface area contributed by atoms with Crippen LogP contribution in [0.1, 0.15) is 37.3 Å². The first-order chi connectivity index (χ1) is 12.6. The zero-order valence-corrected chi connectivity index (χ0v) is 16.6. The van der Waals surface area contributed by atoms with E-state index in [9.17, 15) is 4.79 Å². The Morgan fingerprint density at radius 1 is 1.15 bits per heavy atom. The third-order valence-electron chi connectivity index (χ3n) is 4.84. The molecule has 26 heavy (non-hydrogen) atoms. The SMILES string of the molecule is CN(C)C(=O)c1cccc(CN2CCc3sccc3C2c2cccs2)c1. The number of carbonyl (C=O) groups excluding carboxylic acids is 1. The first kappa shape index (κ1) is 17.5. The van der Waals surface area contributed by atoms with E-state index < -0.39 is 0 Å². The Morgan fingerprint density at radius 3 is 2.81 bits per heavy atom. The van der Waals surface area contributed by atoms with Crippen LogP contribution in [0.2, 0.25) is 0 Å². The van der Waals surface area contributed by atoms with Gasteiger partial charge in [-0.05, 0) is 52.6 Å². The molecule has 0 saturated carbocycles. The third-order valence-corrected chi connectivity index (χ3v) is 6.77. The number of nitrogens with zero attached hydrogens (tertiary/aromatic N) is 2. The molecule has 0 saturated heterocycles. The van der Waals surface area contributed by atoms with Crippen molar-refractivity contribution in [2.75, 3.05) is 20.6 Å². The third kappa shape index (κ3) is 3.34. The molecule has 0 radical (unpaired) electrons. The van der Waals surface area contributed by atoms with Gasteiger partial charge in [0.05, 0.1) is 6.04 Å². The number of hydrogen-bond acceptors (Lipinski definition) is 4. The summed E-state index contributed by atoms with van der Waals surface area (Å²) < 4.78 is 0. The molecule has 0 N–H and O–H groups in total. The second kappa shape index (κ2) is 7.35. The van der Waals surface area contributed by atoms with Gasteiger partial charge >= 0.3 is 0 Å². The number of fused-ring (bicyclic) bond motifs is 1.